The second-order valence-electron chi connectivity index (χ2n) is 6.04. The van der Waals surface area contributed by atoms with Gasteiger partial charge in [-0.3, -0.25) is 9.36 Å². The summed E-state index contributed by atoms with van der Waals surface area (Å²) in [4.78, 5) is 18.6. The summed E-state index contributed by atoms with van der Waals surface area (Å²) in [5, 5.41) is 0.881. The van der Waals surface area contributed by atoms with Gasteiger partial charge in [0.2, 0.25) is 0 Å². The fraction of sp³-hybridized carbons (Fsp3) is 0.333. The third kappa shape index (κ3) is 2.68. The number of rotatable bonds is 3. The smallest absolute Gasteiger partial charge is 0.263 e. The van der Waals surface area contributed by atoms with E-state index in [1.54, 1.807) is 15.9 Å². The molecular weight excluding hydrogens is 324 g/mol. The van der Waals surface area contributed by atoms with Crippen LogP contribution >= 0.6 is 23.6 Å². The molecule has 23 heavy (non-hydrogen) atoms. The summed E-state index contributed by atoms with van der Waals surface area (Å²) in [6.07, 6.45) is 5.34. The highest BCUT2D eigenvalue weighted by molar-refractivity contribution is 7.71. The number of aromatic nitrogens is 2. The van der Waals surface area contributed by atoms with Gasteiger partial charge >= 0.3 is 0 Å². The number of nitrogens with zero attached hydrogens (tertiary/aromatic N) is 1. The Bertz CT molecular complexity index is 966. The van der Waals surface area contributed by atoms with Crippen molar-refractivity contribution in [1.29, 1.82) is 0 Å². The van der Waals surface area contributed by atoms with Crippen LogP contribution in [0.1, 0.15) is 28.8 Å². The minimum atomic E-state index is 0.0825. The van der Waals surface area contributed by atoms with Crippen molar-refractivity contribution in [2.24, 2.45) is 0 Å². The Labute approximate surface area is 143 Å². The SMILES string of the molecule is O=c1c2c3c(sc2[nH]c(=S)n1CCc1ccccc1)CCCC3. The fourth-order valence-electron chi connectivity index (χ4n) is 3.36. The fourth-order valence-corrected chi connectivity index (χ4v) is 4.98. The minimum absolute atomic E-state index is 0.0825. The molecule has 0 saturated carbocycles. The van der Waals surface area contributed by atoms with Gasteiger partial charge in [-0.2, -0.15) is 0 Å². The van der Waals surface area contributed by atoms with E-state index >= 15 is 0 Å². The van der Waals surface area contributed by atoms with Crippen LogP contribution in [0, 0.1) is 4.77 Å². The Morgan fingerprint density at radius 3 is 2.78 bits per heavy atom. The average molecular weight is 342 g/mol. The number of hydrogen-bond donors (Lipinski definition) is 1. The van der Waals surface area contributed by atoms with Crippen LogP contribution in [-0.4, -0.2) is 9.55 Å². The average Bonchev–Trinajstić information content (AvgIpc) is 2.93. The molecule has 0 atom stereocenters. The first-order valence-corrected chi connectivity index (χ1v) is 9.28. The summed E-state index contributed by atoms with van der Waals surface area (Å²) in [6.45, 7) is 0.624. The van der Waals surface area contributed by atoms with E-state index < -0.39 is 0 Å². The normalized spacial score (nSPS) is 14.1. The van der Waals surface area contributed by atoms with Gasteiger partial charge in [0.1, 0.15) is 4.83 Å². The molecule has 0 bridgehead atoms. The van der Waals surface area contributed by atoms with Crippen LogP contribution in [0.4, 0.5) is 0 Å². The predicted molar refractivity (Wildman–Crippen MR) is 98.1 cm³/mol. The second kappa shape index (κ2) is 6.06. The van der Waals surface area contributed by atoms with E-state index in [0.717, 1.165) is 29.5 Å². The summed E-state index contributed by atoms with van der Waals surface area (Å²) in [5.41, 5.74) is 2.57. The summed E-state index contributed by atoms with van der Waals surface area (Å²) >= 11 is 7.15. The predicted octanol–water partition coefficient (Wildman–Crippen LogP) is 4.24. The Kier molecular flexibility index (Phi) is 3.91. The molecule has 0 saturated heterocycles. The lowest BCUT2D eigenvalue weighted by atomic mass is 9.97. The zero-order valence-electron chi connectivity index (χ0n) is 12.8. The molecule has 1 aliphatic carbocycles. The van der Waals surface area contributed by atoms with E-state index in [1.165, 1.54) is 28.8 Å². The molecule has 0 spiro atoms. The van der Waals surface area contributed by atoms with Gasteiger partial charge in [-0.15, -0.1) is 11.3 Å². The van der Waals surface area contributed by atoms with E-state index in [9.17, 15) is 4.79 Å². The highest BCUT2D eigenvalue weighted by Gasteiger charge is 2.20. The molecular formula is C18H18N2OS2. The van der Waals surface area contributed by atoms with Crippen LogP contribution in [0.3, 0.4) is 0 Å². The number of aryl methyl sites for hydroxylation is 3. The zero-order valence-corrected chi connectivity index (χ0v) is 14.4. The van der Waals surface area contributed by atoms with Crippen molar-refractivity contribution in [2.75, 3.05) is 0 Å². The summed E-state index contributed by atoms with van der Waals surface area (Å²) < 4.78 is 2.27. The summed E-state index contributed by atoms with van der Waals surface area (Å²) in [7, 11) is 0. The maximum atomic E-state index is 13.0. The lowest BCUT2D eigenvalue weighted by Gasteiger charge is -2.11. The minimum Gasteiger partial charge on any atom is -0.323 e. The third-order valence-electron chi connectivity index (χ3n) is 4.56. The maximum Gasteiger partial charge on any atom is 0.263 e. The number of aromatic amines is 1. The molecule has 2 aromatic heterocycles. The largest absolute Gasteiger partial charge is 0.323 e. The number of fused-ring (bicyclic) bond motifs is 3. The van der Waals surface area contributed by atoms with Gasteiger partial charge in [0.15, 0.2) is 4.77 Å². The monoisotopic (exact) mass is 342 g/mol. The van der Waals surface area contributed by atoms with Crippen molar-refractivity contribution in [2.45, 2.75) is 38.6 Å². The molecule has 3 nitrogen and oxygen atoms in total. The molecule has 0 amide bonds. The van der Waals surface area contributed by atoms with Crippen molar-refractivity contribution in [3.05, 3.63) is 61.5 Å². The van der Waals surface area contributed by atoms with E-state index in [4.69, 9.17) is 12.2 Å². The molecule has 3 aromatic rings. The van der Waals surface area contributed by atoms with Crippen molar-refractivity contribution < 1.29 is 0 Å². The van der Waals surface area contributed by atoms with E-state index in [-0.39, 0.29) is 5.56 Å². The first-order chi connectivity index (χ1) is 11.2. The van der Waals surface area contributed by atoms with Crippen LogP contribution in [0.5, 0.6) is 0 Å². The first kappa shape index (κ1) is 14.8. The third-order valence-corrected chi connectivity index (χ3v) is 6.09. The molecule has 118 valence electrons. The Morgan fingerprint density at radius 2 is 1.96 bits per heavy atom. The quantitative estimate of drug-likeness (QED) is 0.723. The standard InChI is InChI=1S/C18H18N2OS2/c21-17-15-13-8-4-5-9-14(13)23-16(15)19-18(22)20(17)11-10-12-6-2-1-3-7-12/h1-3,6-7H,4-5,8-11H2,(H,19,22). The van der Waals surface area contributed by atoms with Crippen LogP contribution in [0.25, 0.3) is 10.2 Å². The van der Waals surface area contributed by atoms with Crippen molar-refractivity contribution >= 4 is 33.8 Å². The highest BCUT2D eigenvalue weighted by atomic mass is 32.1. The molecule has 5 heteroatoms. The topological polar surface area (TPSA) is 37.8 Å². The first-order valence-electron chi connectivity index (χ1n) is 8.05. The zero-order chi connectivity index (χ0) is 15.8. The number of thiophene rings is 1. The van der Waals surface area contributed by atoms with Gasteiger partial charge in [0.25, 0.3) is 5.56 Å². The van der Waals surface area contributed by atoms with Gasteiger partial charge < -0.3 is 4.98 Å². The number of hydrogen-bond acceptors (Lipinski definition) is 3. The van der Waals surface area contributed by atoms with Crippen molar-refractivity contribution in [1.82, 2.24) is 9.55 Å². The Morgan fingerprint density at radius 1 is 1.17 bits per heavy atom. The molecule has 4 rings (SSSR count). The molecule has 2 heterocycles. The van der Waals surface area contributed by atoms with Gasteiger partial charge in [-0.1, -0.05) is 30.3 Å². The molecule has 0 radical (unpaired) electrons. The molecule has 0 fully saturated rings. The lowest BCUT2D eigenvalue weighted by Crippen LogP contribution is -2.23. The summed E-state index contributed by atoms with van der Waals surface area (Å²) in [6, 6.07) is 10.2. The number of nitrogens with one attached hydrogen (secondary N) is 1. The Balaban J connectivity index is 1.78. The van der Waals surface area contributed by atoms with Crippen LogP contribution in [-0.2, 0) is 25.8 Å². The van der Waals surface area contributed by atoms with Crippen LogP contribution in [0.2, 0.25) is 0 Å². The van der Waals surface area contributed by atoms with Crippen molar-refractivity contribution in [3.8, 4) is 0 Å². The molecule has 0 unspecified atom stereocenters. The Hall–Kier alpha value is -1.72. The molecule has 1 aliphatic rings. The van der Waals surface area contributed by atoms with Gasteiger partial charge in [-0.25, -0.2) is 0 Å². The van der Waals surface area contributed by atoms with Crippen molar-refractivity contribution in [3.63, 3.8) is 0 Å². The maximum absolute atomic E-state index is 13.0. The second-order valence-corrected chi connectivity index (χ2v) is 7.53. The molecule has 0 aliphatic heterocycles. The van der Waals surface area contributed by atoms with Gasteiger partial charge in [0.05, 0.1) is 5.39 Å². The highest BCUT2D eigenvalue weighted by Crippen LogP contribution is 2.33. The molecule has 1 aromatic carbocycles. The number of benzene rings is 1. The van der Waals surface area contributed by atoms with E-state index in [2.05, 4.69) is 17.1 Å². The summed E-state index contributed by atoms with van der Waals surface area (Å²) in [5.74, 6) is 0. The van der Waals surface area contributed by atoms with E-state index in [1.807, 2.05) is 18.2 Å². The van der Waals surface area contributed by atoms with Crippen LogP contribution < -0.4 is 5.56 Å². The van der Waals surface area contributed by atoms with Gasteiger partial charge in [0, 0.05) is 11.4 Å². The molecule has 1 N–H and O–H groups in total. The number of H-pyrrole nitrogens is 1. The van der Waals surface area contributed by atoms with Gasteiger partial charge in [-0.05, 0) is 55.4 Å². The van der Waals surface area contributed by atoms with Crippen LogP contribution in [0.15, 0.2) is 35.1 Å². The lowest BCUT2D eigenvalue weighted by molar-refractivity contribution is 0.651. The van der Waals surface area contributed by atoms with E-state index in [0.29, 0.717) is 11.3 Å².